The molecule has 0 saturated heterocycles. The molecular weight excluding hydrogens is 208 g/mol. The minimum Gasteiger partial charge on any atom is -0.397 e. The number of carbonyl (C=O) groups is 1. The van der Waals surface area contributed by atoms with E-state index >= 15 is 0 Å². The van der Waals surface area contributed by atoms with Gasteiger partial charge in [-0.3, -0.25) is 4.79 Å². The molecule has 0 atom stereocenters. The molecule has 4 heteroatoms. The number of hydrogen-bond donors (Lipinski definition) is 2. The van der Waals surface area contributed by atoms with E-state index in [1.54, 1.807) is 11.4 Å². The number of nitrogens with two attached hydrogens (primary N) is 1. The van der Waals surface area contributed by atoms with Crippen LogP contribution in [0.5, 0.6) is 0 Å². The molecular formula is C11H10N2OS. The van der Waals surface area contributed by atoms with E-state index in [4.69, 9.17) is 5.73 Å². The fourth-order valence-electron chi connectivity index (χ4n) is 1.21. The summed E-state index contributed by atoms with van der Waals surface area (Å²) in [6.07, 6.45) is 0. The number of hydrogen-bond acceptors (Lipinski definition) is 3. The van der Waals surface area contributed by atoms with Gasteiger partial charge in [0.15, 0.2) is 0 Å². The molecule has 3 N–H and O–H groups in total. The lowest BCUT2D eigenvalue weighted by molar-refractivity contribution is 0.103. The van der Waals surface area contributed by atoms with Crippen molar-refractivity contribution in [2.45, 2.75) is 0 Å². The van der Waals surface area contributed by atoms with Gasteiger partial charge in [0.1, 0.15) is 4.88 Å². The van der Waals surface area contributed by atoms with Crippen molar-refractivity contribution in [3.63, 3.8) is 0 Å². The van der Waals surface area contributed by atoms with Crippen LogP contribution < -0.4 is 11.1 Å². The number of para-hydroxylation sites is 1. The summed E-state index contributed by atoms with van der Waals surface area (Å²) in [6, 6.07) is 11.0. The predicted molar refractivity (Wildman–Crippen MR) is 63.1 cm³/mol. The molecule has 0 aliphatic rings. The van der Waals surface area contributed by atoms with Crippen molar-refractivity contribution in [1.82, 2.24) is 0 Å². The van der Waals surface area contributed by atoms with Gasteiger partial charge in [-0.1, -0.05) is 18.2 Å². The first-order valence-electron chi connectivity index (χ1n) is 4.47. The molecule has 0 bridgehead atoms. The van der Waals surface area contributed by atoms with Crippen LogP contribution in [-0.2, 0) is 0 Å². The van der Waals surface area contributed by atoms with Crippen LogP contribution in [0, 0.1) is 0 Å². The summed E-state index contributed by atoms with van der Waals surface area (Å²) in [6.45, 7) is 0. The first kappa shape index (κ1) is 9.73. The van der Waals surface area contributed by atoms with E-state index in [0.29, 0.717) is 10.6 Å². The second kappa shape index (κ2) is 4.14. The molecule has 0 unspecified atom stereocenters. The van der Waals surface area contributed by atoms with Crippen LogP contribution in [0.4, 0.5) is 11.4 Å². The Morgan fingerprint density at radius 3 is 2.53 bits per heavy atom. The molecule has 0 aliphatic carbocycles. The molecule has 3 nitrogen and oxygen atoms in total. The van der Waals surface area contributed by atoms with Gasteiger partial charge in [0.2, 0.25) is 0 Å². The number of nitrogens with one attached hydrogen (secondary N) is 1. The highest BCUT2D eigenvalue weighted by Crippen LogP contribution is 2.20. The smallest absolute Gasteiger partial charge is 0.267 e. The van der Waals surface area contributed by atoms with Gasteiger partial charge in [0.25, 0.3) is 5.91 Å². The van der Waals surface area contributed by atoms with Crippen molar-refractivity contribution in [3.8, 4) is 0 Å². The van der Waals surface area contributed by atoms with Crippen molar-refractivity contribution >= 4 is 28.6 Å². The van der Waals surface area contributed by atoms with Crippen LogP contribution in [0.25, 0.3) is 0 Å². The topological polar surface area (TPSA) is 55.1 Å². The summed E-state index contributed by atoms with van der Waals surface area (Å²) in [7, 11) is 0. The molecule has 1 heterocycles. The largest absolute Gasteiger partial charge is 0.397 e. The number of anilines is 2. The fraction of sp³-hybridized carbons (Fsp3) is 0. The second-order valence-electron chi connectivity index (χ2n) is 3.03. The third kappa shape index (κ3) is 2.16. The number of carbonyl (C=O) groups excluding carboxylic acids is 1. The number of rotatable bonds is 2. The Bertz CT molecular complexity index is 464. The molecule has 0 aliphatic heterocycles. The van der Waals surface area contributed by atoms with Crippen molar-refractivity contribution < 1.29 is 4.79 Å². The molecule has 0 saturated carbocycles. The first-order valence-corrected chi connectivity index (χ1v) is 5.34. The summed E-state index contributed by atoms with van der Waals surface area (Å²) in [5, 5.41) is 4.58. The molecule has 15 heavy (non-hydrogen) atoms. The van der Waals surface area contributed by atoms with E-state index < -0.39 is 0 Å². The lowest BCUT2D eigenvalue weighted by Gasteiger charge is -2.03. The quantitative estimate of drug-likeness (QED) is 0.814. The lowest BCUT2D eigenvalue weighted by atomic mass is 10.3. The van der Waals surface area contributed by atoms with Gasteiger partial charge in [-0.2, -0.15) is 0 Å². The molecule has 1 amide bonds. The maximum Gasteiger partial charge on any atom is 0.267 e. The van der Waals surface area contributed by atoms with Crippen LogP contribution >= 0.6 is 11.3 Å². The maximum absolute atomic E-state index is 11.7. The molecule has 1 aromatic heterocycles. The van der Waals surface area contributed by atoms with E-state index in [2.05, 4.69) is 5.32 Å². The van der Waals surface area contributed by atoms with Crippen molar-refractivity contribution in [3.05, 3.63) is 46.7 Å². The summed E-state index contributed by atoms with van der Waals surface area (Å²) in [5.74, 6) is -0.159. The highest BCUT2D eigenvalue weighted by atomic mass is 32.1. The third-order valence-corrected chi connectivity index (χ3v) is 2.86. The number of benzene rings is 1. The highest BCUT2D eigenvalue weighted by Gasteiger charge is 2.10. The summed E-state index contributed by atoms with van der Waals surface area (Å²) in [5.41, 5.74) is 6.94. The Balaban J connectivity index is 2.15. The van der Waals surface area contributed by atoms with Gasteiger partial charge in [-0.25, -0.2) is 0 Å². The van der Waals surface area contributed by atoms with Gasteiger partial charge in [0.05, 0.1) is 5.69 Å². The lowest BCUT2D eigenvalue weighted by Crippen LogP contribution is -2.11. The molecule has 1 aromatic carbocycles. The number of thiophene rings is 1. The molecule has 0 spiro atoms. The van der Waals surface area contributed by atoms with Crippen molar-refractivity contribution in [2.75, 3.05) is 11.1 Å². The fourth-order valence-corrected chi connectivity index (χ4v) is 1.93. The van der Waals surface area contributed by atoms with E-state index in [-0.39, 0.29) is 5.91 Å². The zero-order chi connectivity index (χ0) is 10.7. The first-order chi connectivity index (χ1) is 7.27. The highest BCUT2D eigenvalue weighted by molar-refractivity contribution is 7.12. The average Bonchev–Trinajstić information content (AvgIpc) is 2.66. The minimum atomic E-state index is -0.159. The number of nitrogen functional groups attached to an aromatic ring is 1. The summed E-state index contributed by atoms with van der Waals surface area (Å²) in [4.78, 5) is 12.3. The Morgan fingerprint density at radius 1 is 1.20 bits per heavy atom. The molecule has 2 aromatic rings. The third-order valence-electron chi connectivity index (χ3n) is 1.93. The normalized spacial score (nSPS) is 9.87. The van der Waals surface area contributed by atoms with Crippen molar-refractivity contribution in [2.24, 2.45) is 0 Å². The van der Waals surface area contributed by atoms with Gasteiger partial charge in [0, 0.05) is 5.69 Å². The van der Waals surface area contributed by atoms with Crippen LogP contribution in [0.1, 0.15) is 9.67 Å². The Morgan fingerprint density at radius 2 is 1.93 bits per heavy atom. The van der Waals surface area contributed by atoms with E-state index in [1.807, 2.05) is 30.3 Å². The van der Waals surface area contributed by atoms with E-state index in [1.165, 1.54) is 11.3 Å². The maximum atomic E-state index is 11.7. The summed E-state index contributed by atoms with van der Waals surface area (Å²) >= 11 is 1.34. The standard InChI is InChI=1S/C11H10N2OS/c12-9-6-7-15-10(9)11(14)13-8-4-2-1-3-5-8/h1-7H,12H2,(H,13,14). The van der Waals surface area contributed by atoms with Crippen LogP contribution in [0.15, 0.2) is 41.8 Å². The molecule has 76 valence electrons. The molecule has 2 rings (SSSR count). The Hall–Kier alpha value is -1.81. The SMILES string of the molecule is Nc1ccsc1C(=O)Nc1ccccc1. The van der Waals surface area contributed by atoms with E-state index in [0.717, 1.165) is 5.69 Å². The molecule has 0 radical (unpaired) electrons. The van der Waals surface area contributed by atoms with Gasteiger partial charge < -0.3 is 11.1 Å². The van der Waals surface area contributed by atoms with Crippen LogP contribution in [0.2, 0.25) is 0 Å². The monoisotopic (exact) mass is 218 g/mol. The van der Waals surface area contributed by atoms with Gasteiger partial charge in [-0.15, -0.1) is 11.3 Å². The molecule has 0 fully saturated rings. The van der Waals surface area contributed by atoms with Gasteiger partial charge >= 0.3 is 0 Å². The zero-order valence-electron chi connectivity index (χ0n) is 7.94. The minimum absolute atomic E-state index is 0.159. The average molecular weight is 218 g/mol. The Kier molecular flexibility index (Phi) is 2.69. The van der Waals surface area contributed by atoms with Gasteiger partial charge in [-0.05, 0) is 23.6 Å². The van der Waals surface area contributed by atoms with Crippen LogP contribution in [-0.4, -0.2) is 5.91 Å². The van der Waals surface area contributed by atoms with Crippen LogP contribution in [0.3, 0.4) is 0 Å². The Labute approximate surface area is 91.5 Å². The second-order valence-corrected chi connectivity index (χ2v) is 3.94. The van der Waals surface area contributed by atoms with Crippen molar-refractivity contribution in [1.29, 1.82) is 0 Å². The predicted octanol–water partition coefficient (Wildman–Crippen LogP) is 2.58. The zero-order valence-corrected chi connectivity index (χ0v) is 8.75. The van der Waals surface area contributed by atoms with E-state index in [9.17, 15) is 4.79 Å². The summed E-state index contributed by atoms with van der Waals surface area (Å²) < 4.78 is 0. The number of amides is 1.